The number of aryl methyl sites for hydroxylation is 1. The van der Waals surface area contributed by atoms with Gasteiger partial charge in [-0.15, -0.1) is 0 Å². The molecule has 0 spiro atoms. The van der Waals surface area contributed by atoms with Crippen molar-refractivity contribution in [3.8, 4) is 0 Å². The van der Waals surface area contributed by atoms with Gasteiger partial charge >= 0.3 is 12.1 Å². The first-order valence-electron chi connectivity index (χ1n) is 13.3. The molecule has 0 aromatic heterocycles. The lowest BCUT2D eigenvalue weighted by molar-refractivity contribution is -0.161. The van der Waals surface area contributed by atoms with Gasteiger partial charge in [-0.2, -0.15) is 0 Å². The van der Waals surface area contributed by atoms with Crippen molar-refractivity contribution in [3.05, 3.63) is 108 Å². The highest BCUT2D eigenvalue weighted by Gasteiger charge is 2.46. The van der Waals surface area contributed by atoms with Crippen LogP contribution in [0.1, 0.15) is 44.7 Å². The molecule has 2 aliphatic rings. The number of benzene rings is 3. The number of carbonyl (C=O) groups excluding carboxylic acids is 2. The van der Waals surface area contributed by atoms with Crippen LogP contribution in [-0.2, 0) is 26.3 Å². The topological polar surface area (TPSA) is 79.3 Å². The molecule has 7 heteroatoms. The number of nitrogens with zero attached hydrogens (tertiary/aromatic N) is 2. The average Bonchev–Trinajstić information content (AvgIpc) is 2.91. The molecule has 0 aliphatic carbocycles. The highest BCUT2D eigenvalue weighted by atomic mass is 16.6. The van der Waals surface area contributed by atoms with Gasteiger partial charge in [0.05, 0.1) is 17.8 Å². The largest absolute Gasteiger partial charge is 0.510 e. The molecule has 39 heavy (non-hydrogen) atoms. The molecular formula is C32H34N2O5. The summed E-state index contributed by atoms with van der Waals surface area (Å²) in [5, 5.41) is 11.5. The minimum Gasteiger partial charge on any atom is -0.510 e. The number of cyclic esters (lactones) is 1. The number of esters is 1. The zero-order valence-electron chi connectivity index (χ0n) is 22.6. The molecule has 1 N–H and O–H groups in total. The summed E-state index contributed by atoms with van der Waals surface area (Å²) >= 11 is 0. The molecule has 202 valence electrons. The molecule has 2 aliphatic heterocycles. The second-order valence-electron chi connectivity index (χ2n) is 11.0. The normalized spacial score (nSPS) is 19.4. The molecule has 5 rings (SSSR count). The lowest BCUT2D eigenvalue weighted by Gasteiger charge is -2.43. The van der Waals surface area contributed by atoms with E-state index in [1.165, 1.54) is 0 Å². The van der Waals surface area contributed by atoms with E-state index in [4.69, 9.17) is 9.47 Å². The quantitative estimate of drug-likeness (QED) is 0.383. The molecule has 0 bridgehead atoms. The van der Waals surface area contributed by atoms with E-state index in [1.54, 1.807) is 9.80 Å². The van der Waals surface area contributed by atoms with Gasteiger partial charge in [-0.05, 0) is 56.9 Å². The molecule has 0 fully saturated rings. The van der Waals surface area contributed by atoms with E-state index in [0.29, 0.717) is 30.8 Å². The first-order valence-corrected chi connectivity index (χ1v) is 13.3. The van der Waals surface area contributed by atoms with Gasteiger partial charge in [-0.3, -0.25) is 4.90 Å². The fourth-order valence-electron chi connectivity index (χ4n) is 5.28. The fraction of sp³-hybridized carbons (Fsp3) is 0.312. The van der Waals surface area contributed by atoms with Crippen LogP contribution in [0.15, 0.2) is 96.4 Å². The van der Waals surface area contributed by atoms with Crippen LogP contribution in [0.4, 0.5) is 16.2 Å². The molecule has 3 aromatic rings. The van der Waals surface area contributed by atoms with Crippen LogP contribution in [0.3, 0.4) is 0 Å². The van der Waals surface area contributed by atoms with Gasteiger partial charge in [0.15, 0.2) is 5.70 Å². The summed E-state index contributed by atoms with van der Waals surface area (Å²) in [6, 6.07) is 27.0. The summed E-state index contributed by atoms with van der Waals surface area (Å²) in [5.74, 6) is -0.611. The van der Waals surface area contributed by atoms with Crippen molar-refractivity contribution in [2.75, 3.05) is 22.9 Å². The molecular weight excluding hydrogens is 492 g/mol. The van der Waals surface area contributed by atoms with Gasteiger partial charge in [0.1, 0.15) is 17.0 Å². The van der Waals surface area contributed by atoms with Crippen molar-refractivity contribution in [3.63, 3.8) is 0 Å². The highest BCUT2D eigenvalue weighted by molar-refractivity contribution is 6.00. The van der Waals surface area contributed by atoms with Crippen molar-refractivity contribution in [2.45, 2.75) is 51.2 Å². The number of rotatable bonds is 5. The van der Waals surface area contributed by atoms with Crippen LogP contribution in [0.2, 0.25) is 0 Å². The predicted molar refractivity (Wildman–Crippen MR) is 151 cm³/mol. The Morgan fingerprint density at radius 1 is 0.923 bits per heavy atom. The Morgan fingerprint density at radius 2 is 1.54 bits per heavy atom. The van der Waals surface area contributed by atoms with Crippen LogP contribution in [0.25, 0.3) is 0 Å². The Balaban J connectivity index is 1.48. The minimum atomic E-state index is -1.00. The number of amides is 1. The first kappa shape index (κ1) is 26.4. The number of hydrogen-bond acceptors (Lipinski definition) is 6. The molecule has 1 amide bonds. The molecule has 7 nitrogen and oxygen atoms in total. The van der Waals surface area contributed by atoms with Gasteiger partial charge in [0, 0.05) is 13.1 Å². The van der Waals surface area contributed by atoms with Gasteiger partial charge in [0.2, 0.25) is 0 Å². The third-order valence-corrected chi connectivity index (χ3v) is 7.06. The second kappa shape index (κ2) is 10.5. The Morgan fingerprint density at radius 3 is 2.18 bits per heavy atom. The maximum atomic E-state index is 13.7. The van der Waals surface area contributed by atoms with Gasteiger partial charge in [-0.25, -0.2) is 9.59 Å². The van der Waals surface area contributed by atoms with E-state index in [2.05, 4.69) is 0 Å². The summed E-state index contributed by atoms with van der Waals surface area (Å²) in [5.41, 5.74) is 1.68. The van der Waals surface area contributed by atoms with E-state index in [-0.39, 0.29) is 24.4 Å². The summed E-state index contributed by atoms with van der Waals surface area (Å²) in [6.45, 7) is 6.06. The number of para-hydroxylation sites is 2. The third-order valence-electron chi connectivity index (χ3n) is 7.06. The number of hydrogen-bond donors (Lipinski definition) is 1. The molecule has 2 heterocycles. The van der Waals surface area contributed by atoms with Crippen molar-refractivity contribution < 1.29 is 24.2 Å². The third kappa shape index (κ3) is 5.48. The van der Waals surface area contributed by atoms with Gasteiger partial charge in [-0.1, -0.05) is 72.8 Å². The van der Waals surface area contributed by atoms with Gasteiger partial charge < -0.3 is 19.5 Å². The zero-order valence-corrected chi connectivity index (χ0v) is 22.6. The predicted octanol–water partition coefficient (Wildman–Crippen LogP) is 6.49. The van der Waals surface area contributed by atoms with Crippen molar-refractivity contribution >= 4 is 23.4 Å². The van der Waals surface area contributed by atoms with Gasteiger partial charge in [0.25, 0.3) is 0 Å². The number of carbonyl (C=O) groups is 2. The Labute approximate surface area is 229 Å². The van der Waals surface area contributed by atoms with E-state index in [9.17, 15) is 14.7 Å². The SMILES string of the molecule is CC(C)(C)OC(=O)N1CCN(C2=C(O)CC(CCc3ccccc3)(c3ccccc3)OC2=O)c2ccccc21. The lowest BCUT2D eigenvalue weighted by Crippen LogP contribution is -2.49. The number of aliphatic hydroxyl groups excluding tert-OH is 1. The number of fused-ring (bicyclic) bond motifs is 1. The second-order valence-corrected chi connectivity index (χ2v) is 11.0. The Bertz CT molecular complexity index is 1380. The summed E-state index contributed by atoms with van der Waals surface area (Å²) in [7, 11) is 0. The van der Waals surface area contributed by atoms with E-state index in [0.717, 1.165) is 11.1 Å². The lowest BCUT2D eigenvalue weighted by atomic mass is 9.82. The fourth-order valence-corrected chi connectivity index (χ4v) is 5.28. The van der Waals surface area contributed by atoms with Crippen molar-refractivity contribution in [1.29, 1.82) is 0 Å². The Hall–Kier alpha value is -4.26. The van der Waals surface area contributed by atoms with E-state index >= 15 is 0 Å². The molecule has 1 atom stereocenters. The highest BCUT2D eigenvalue weighted by Crippen LogP contribution is 2.44. The maximum Gasteiger partial charge on any atom is 0.414 e. The summed E-state index contributed by atoms with van der Waals surface area (Å²) < 4.78 is 11.9. The standard InChI is InChI=1S/C32H34N2O5/c1-31(2,3)39-30(37)34-21-20-33(25-16-10-11-17-26(25)34)28-27(35)22-32(38-29(28)36,24-14-8-5-9-15-24)19-18-23-12-6-4-7-13-23/h4-17,35H,18-22H2,1-3H3. The monoisotopic (exact) mass is 526 g/mol. The zero-order chi connectivity index (χ0) is 27.6. The van der Waals surface area contributed by atoms with Crippen LogP contribution >= 0.6 is 0 Å². The number of aliphatic hydroxyl groups is 1. The number of ether oxygens (including phenoxy) is 2. The summed E-state index contributed by atoms with van der Waals surface area (Å²) in [6.07, 6.45) is 0.901. The van der Waals surface area contributed by atoms with E-state index < -0.39 is 23.3 Å². The van der Waals surface area contributed by atoms with E-state index in [1.807, 2.05) is 106 Å². The number of anilines is 2. The van der Waals surface area contributed by atoms with Crippen LogP contribution in [0.5, 0.6) is 0 Å². The molecule has 0 radical (unpaired) electrons. The molecule has 0 saturated heterocycles. The molecule has 1 unspecified atom stereocenters. The molecule has 3 aromatic carbocycles. The smallest absolute Gasteiger partial charge is 0.414 e. The van der Waals surface area contributed by atoms with Crippen LogP contribution < -0.4 is 9.80 Å². The summed E-state index contributed by atoms with van der Waals surface area (Å²) in [4.78, 5) is 30.0. The first-order chi connectivity index (χ1) is 18.7. The Kier molecular flexibility index (Phi) is 7.08. The van der Waals surface area contributed by atoms with Crippen LogP contribution in [0, 0.1) is 0 Å². The van der Waals surface area contributed by atoms with Crippen LogP contribution in [-0.4, -0.2) is 35.9 Å². The minimum absolute atomic E-state index is 0.0244. The van der Waals surface area contributed by atoms with Crippen molar-refractivity contribution in [2.24, 2.45) is 0 Å². The average molecular weight is 527 g/mol. The van der Waals surface area contributed by atoms with Crippen molar-refractivity contribution in [1.82, 2.24) is 0 Å². The maximum absolute atomic E-state index is 13.7. The molecule has 0 saturated carbocycles.